The highest BCUT2D eigenvalue weighted by molar-refractivity contribution is 7.22. The van der Waals surface area contributed by atoms with E-state index in [-0.39, 0.29) is 18.5 Å². The molecular formula is C27H28N4O3S. The summed E-state index contributed by atoms with van der Waals surface area (Å²) in [4.78, 5) is 30.3. The van der Waals surface area contributed by atoms with Crippen molar-refractivity contribution < 1.29 is 14.7 Å². The molecule has 3 N–H and O–H groups in total. The van der Waals surface area contributed by atoms with Gasteiger partial charge >= 0.3 is 12.0 Å². The molecule has 180 valence electrons. The molecule has 0 radical (unpaired) electrons. The summed E-state index contributed by atoms with van der Waals surface area (Å²) in [6, 6.07) is 28.0. The predicted molar refractivity (Wildman–Crippen MR) is 140 cm³/mol. The number of carbonyl (C=O) groups is 2. The number of benzene rings is 3. The number of carboxylic acids is 1. The molecule has 0 unspecified atom stereocenters. The average molecular weight is 489 g/mol. The van der Waals surface area contributed by atoms with Crippen molar-refractivity contribution in [1.29, 1.82) is 0 Å². The van der Waals surface area contributed by atoms with E-state index < -0.39 is 5.97 Å². The van der Waals surface area contributed by atoms with Gasteiger partial charge in [0, 0.05) is 25.6 Å². The lowest BCUT2D eigenvalue weighted by atomic mass is 9.88. The van der Waals surface area contributed by atoms with Gasteiger partial charge in [0.05, 0.1) is 16.8 Å². The van der Waals surface area contributed by atoms with Crippen LogP contribution in [0.5, 0.6) is 0 Å². The molecule has 4 aromatic rings. The molecule has 0 aliphatic heterocycles. The first kappa shape index (κ1) is 24.4. The van der Waals surface area contributed by atoms with E-state index in [1.807, 2.05) is 60.7 Å². The SMILES string of the molecule is O=C(O)CNCCN(CCC(c1ccccc1)c1ccccc1)C(=O)Nc1nc2ccccc2s1. The maximum absolute atomic E-state index is 13.2. The van der Waals surface area contributed by atoms with Crippen LogP contribution in [-0.4, -0.2) is 53.2 Å². The van der Waals surface area contributed by atoms with Crippen molar-refractivity contribution in [3.63, 3.8) is 0 Å². The minimum Gasteiger partial charge on any atom is -0.480 e. The van der Waals surface area contributed by atoms with E-state index in [0.29, 0.717) is 24.8 Å². The molecule has 1 aromatic heterocycles. The van der Waals surface area contributed by atoms with Crippen molar-refractivity contribution in [3.8, 4) is 0 Å². The summed E-state index contributed by atoms with van der Waals surface area (Å²) in [5, 5.41) is 15.3. The number of aliphatic carboxylic acids is 1. The van der Waals surface area contributed by atoms with Gasteiger partial charge in [-0.15, -0.1) is 0 Å². The van der Waals surface area contributed by atoms with Crippen LogP contribution in [0.1, 0.15) is 23.5 Å². The number of anilines is 1. The van der Waals surface area contributed by atoms with E-state index >= 15 is 0 Å². The van der Waals surface area contributed by atoms with Gasteiger partial charge in [-0.3, -0.25) is 10.1 Å². The van der Waals surface area contributed by atoms with E-state index in [9.17, 15) is 9.59 Å². The molecule has 0 aliphatic rings. The van der Waals surface area contributed by atoms with Gasteiger partial charge in [-0.25, -0.2) is 9.78 Å². The number of rotatable bonds is 11. The maximum Gasteiger partial charge on any atom is 0.323 e. The van der Waals surface area contributed by atoms with Crippen LogP contribution in [-0.2, 0) is 4.79 Å². The fraction of sp³-hybridized carbons (Fsp3) is 0.222. The summed E-state index contributed by atoms with van der Waals surface area (Å²) in [6.07, 6.45) is 0.722. The predicted octanol–water partition coefficient (Wildman–Crippen LogP) is 5.03. The maximum atomic E-state index is 13.2. The van der Waals surface area contributed by atoms with Crippen LogP contribution in [0.4, 0.5) is 9.93 Å². The Hall–Kier alpha value is -3.75. The molecule has 0 fully saturated rings. The molecule has 0 aliphatic carbocycles. The number of thiazole rings is 1. The van der Waals surface area contributed by atoms with Gasteiger partial charge < -0.3 is 15.3 Å². The van der Waals surface area contributed by atoms with E-state index in [2.05, 4.69) is 39.9 Å². The fourth-order valence-electron chi connectivity index (χ4n) is 4.00. The number of aromatic nitrogens is 1. The fourth-order valence-corrected chi connectivity index (χ4v) is 4.86. The van der Waals surface area contributed by atoms with Crippen LogP contribution in [0.15, 0.2) is 84.9 Å². The molecule has 8 heteroatoms. The average Bonchev–Trinajstić information content (AvgIpc) is 3.28. The monoisotopic (exact) mass is 488 g/mol. The zero-order valence-corrected chi connectivity index (χ0v) is 20.1. The van der Waals surface area contributed by atoms with Crippen LogP contribution < -0.4 is 10.6 Å². The molecule has 0 saturated carbocycles. The van der Waals surface area contributed by atoms with Crippen molar-refractivity contribution in [2.45, 2.75) is 12.3 Å². The highest BCUT2D eigenvalue weighted by Crippen LogP contribution is 2.29. The topological polar surface area (TPSA) is 94.6 Å². The summed E-state index contributed by atoms with van der Waals surface area (Å²) in [7, 11) is 0. The van der Waals surface area contributed by atoms with Crippen molar-refractivity contribution in [2.24, 2.45) is 0 Å². The number of urea groups is 1. The van der Waals surface area contributed by atoms with Crippen molar-refractivity contribution >= 4 is 38.7 Å². The number of carboxylic acid groups (broad SMARTS) is 1. The number of hydrogen-bond donors (Lipinski definition) is 3. The first-order chi connectivity index (χ1) is 17.1. The summed E-state index contributed by atoms with van der Waals surface area (Å²) in [6.45, 7) is 1.10. The summed E-state index contributed by atoms with van der Waals surface area (Å²) in [5.74, 6) is -0.800. The lowest BCUT2D eigenvalue weighted by molar-refractivity contribution is -0.135. The minimum atomic E-state index is -0.927. The molecule has 0 saturated heterocycles. The van der Waals surface area contributed by atoms with Gasteiger partial charge in [-0.05, 0) is 29.7 Å². The van der Waals surface area contributed by atoms with Gasteiger partial charge in [-0.2, -0.15) is 0 Å². The number of amides is 2. The Kier molecular flexibility index (Phi) is 8.43. The second kappa shape index (κ2) is 12.1. The standard InChI is InChI=1S/C27H28N4O3S/c32-25(33)19-28-16-18-31(27(34)30-26-29-23-13-7-8-14-24(23)35-26)17-15-22(20-9-3-1-4-10-20)21-11-5-2-6-12-21/h1-14,22,28H,15-19H2,(H,32,33)(H,29,30,34). The largest absolute Gasteiger partial charge is 0.480 e. The second-order valence-electron chi connectivity index (χ2n) is 8.14. The number of nitrogens with one attached hydrogen (secondary N) is 2. The molecule has 3 aromatic carbocycles. The zero-order valence-electron chi connectivity index (χ0n) is 19.3. The van der Waals surface area contributed by atoms with Crippen LogP contribution in [0.25, 0.3) is 10.2 Å². The van der Waals surface area contributed by atoms with E-state index in [0.717, 1.165) is 16.6 Å². The third-order valence-corrected chi connectivity index (χ3v) is 6.67. The smallest absolute Gasteiger partial charge is 0.323 e. The Labute approximate surface area is 208 Å². The summed E-state index contributed by atoms with van der Waals surface area (Å²) in [5.41, 5.74) is 3.22. The van der Waals surface area contributed by atoms with Gasteiger partial charge in [0.15, 0.2) is 5.13 Å². The molecule has 2 amide bonds. The van der Waals surface area contributed by atoms with Gasteiger partial charge in [0.1, 0.15) is 0 Å². The third kappa shape index (κ3) is 6.88. The first-order valence-corrected chi connectivity index (χ1v) is 12.4. The van der Waals surface area contributed by atoms with Gasteiger partial charge in [0.25, 0.3) is 0 Å². The van der Waals surface area contributed by atoms with Crippen molar-refractivity contribution in [1.82, 2.24) is 15.2 Å². The number of carbonyl (C=O) groups excluding carboxylic acids is 1. The second-order valence-corrected chi connectivity index (χ2v) is 9.17. The quantitative estimate of drug-likeness (QED) is 0.258. The molecule has 0 atom stereocenters. The number of nitrogens with zero attached hydrogens (tertiary/aromatic N) is 2. The minimum absolute atomic E-state index is 0.127. The molecule has 35 heavy (non-hydrogen) atoms. The van der Waals surface area contributed by atoms with E-state index in [4.69, 9.17) is 5.11 Å². The zero-order chi connectivity index (χ0) is 24.5. The number of para-hydroxylation sites is 1. The molecule has 0 bridgehead atoms. The third-order valence-electron chi connectivity index (χ3n) is 5.72. The highest BCUT2D eigenvalue weighted by Gasteiger charge is 2.20. The lowest BCUT2D eigenvalue weighted by Gasteiger charge is -2.26. The molecular weight excluding hydrogens is 460 g/mol. The summed E-state index contributed by atoms with van der Waals surface area (Å²) >= 11 is 1.43. The van der Waals surface area contributed by atoms with Crippen LogP contribution in [0, 0.1) is 0 Å². The molecule has 4 rings (SSSR count). The van der Waals surface area contributed by atoms with Gasteiger partial charge in [0.2, 0.25) is 0 Å². The van der Waals surface area contributed by atoms with Crippen LogP contribution >= 0.6 is 11.3 Å². The molecule has 1 heterocycles. The lowest BCUT2D eigenvalue weighted by Crippen LogP contribution is -2.41. The Morgan fingerprint density at radius 2 is 1.51 bits per heavy atom. The Balaban J connectivity index is 1.49. The first-order valence-electron chi connectivity index (χ1n) is 11.5. The Morgan fingerprint density at radius 3 is 2.14 bits per heavy atom. The van der Waals surface area contributed by atoms with Crippen LogP contribution in [0.3, 0.4) is 0 Å². The van der Waals surface area contributed by atoms with Crippen molar-refractivity contribution in [3.05, 3.63) is 96.1 Å². The highest BCUT2D eigenvalue weighted by atomic mass is 32.1. The number of hydrogen-bond acceptors (Lipinski definition) is 5. The molecule has 0 spiro atoms. The van der Waals surface area contributed by atoms with E-state index in [1.54, 1.807) is 4.90 Å². The molecule has 7 nitrogen and oxygen atoms in total. The van der Waals surface area contributed by atoms with Crippen molar-refractivity contribution in [2.75, 3.05) is 31.5 Å². The van der Waals surface area contributed by atoms with Crippen LogP contribution in [0.2, 0.25) is 0 Å². The van der Waals surface area contributed by atoms with Gasteiger partial charge in [-0.1, -0.05) is 84.1 Å². The Morgan fingerprint density at radius 1 is 0.886 bits per heavy atom. The normalized spacial score (nSPS) is 11.0. The Bertz CT molecular complexity index is 1170. The van der Waals surface area contributed by atoms with E-state index in [1.165, 1.54) is 22.5 Å². The summed E-state index contributed by atoms with van der Waals surface area (Å²) < 4.78 is 1.01. The number of fused-ring (bicyclic) bond motifs is 1.